The van der Waals surface area contributed by atoms with Crippen LogP contribution in [0.1, 0.15) is 51.3 Å². The van der Waals surface area contributed by atoms with Crippen molar-refractivity contribution in [1.82, 2.24) is 10.2 Å². The molecular weight excluding hydrogens is 267 g/mol. The molecule has 0 bridgehead atoms. The van der Waals surface area contributed by atoms with Crippen LogP contribution in [0.4, 0.5) is 4.39 Å². The van der Waals surface area contributed by atoms with E-state index in [0.717, 1.165) is 25.7 Å². The molecule has 1 aliphatic carbocycles. The highest BCUT2D eigenvalue weighted by atomic mass is 19.1. The molecule has 1 aliphatic heterocycles. The molecule has 2 aliphatic rings. The Morgan fingerprint density at radius 3 is 2.71 bits per heavy atom. The van der Waals surface area contributed by atoms with E-state index in [-0.39, 0.29) is 17.9 Å². The van der Waals surface area contributed by atoms with E-state index in [1.54, 1.807) is 12.1 Å². The first-order valence-corrected chi connectivity index (χ1v) is 7.87. The molecule has 1 saturated heterocycles. The molecule has 1 aromatic rings. The summed E-state index contributed by atoms with van der Waals surface area (Å²) in [4.78, 5) is 14.4. The lowest BCUT2D eigenvalue weighted by Crippen LogP contribution is -2.33. The first-order chi connectivity index (χ1) is 10.0. The van der Waals surface area contributed by atoms with Crippen LogP contribution in [0.15, 0.2) is 24.3 Å². The van der Waals surface area contributed by atoms with Crippen molar-refractivity contribution in [3.63, 3.8) is 0 Å². The Bertz CT molecular complexity index is 539. The van der Waals surface area contributed by atoms with E-state index < -0.39 is 5.54 Å². The number of nitrogens with one attached hydrogen (secondary N) is 1. The van der Waals surface area contributed by atoms with E-state index in [0.29, 0.717) is 18.0 Å². The van der Waals surface area contributed by atoms with Crippen molar-refractivity contribution < 1.29 is 9.18 Å². The molecule has 1 saturated carbocycles. The van der Waals surface area contributed by atoms with Crippen LogP contribution in [-0.2, 0) is 4.79 Å². The molecule has 21 heavy (non-hydrogen) atoms. The zero-order valence-corrected chi connectivity index (χ0v) is 12.7. The smallest absolute Gasteiger partial charge is 0.244 e. The molecule has 1 amide bonds. The summed E-state index contributed by atoms with van der Waals surface area (Å²) < 4.78 is 14.1. The summed E-state index contributed by atoms with van der Waals surface area (Å²) in [5.41, 5.74) is 0.185. The zero-order chi connectivity index (χ0) is 15.0. The number of carbonyl (C=O) groups excluding carboxylic acids is 1. The number of hydrogen-bond donors (Lipinski definition) is 1. The second-order valence-corrected chi connectivity index (χ2v) is 6.69. The average Bonchev–Trinajstić information content (AvgIpc) is 3.17. The predicted molar refractivity (Wildman–Crippen MR) is 80.0 cm³/mol. The number of rotatable bonds is 5. The van der Waals surface area contributed by atoms with Crippen molar-refractivity contribution >= 4 is 5.91 Å². The number of nitrogens with zero attached hydrogens (tertiary/aromatic N) is 1. The van der Waals surface area contributed by atoms with Gasteiger partial charge in [0.1, 0.15) is 17.5 Å². The summed E-state index contributed by atoms with van der Waals surface area (Å²) in [5, 5.41) is 3.37. The number of carbonyl (C=O) groups is 1. The van der Waals surface area contributed by atoms with Crippen LogP contribution in [0.3, 0.4) is 0 Å². The molecule has 1 spiro atoms. The Hall–Kier alpha value is -1.42. The molecule has 1 unspecified atom stereocenters. The van der Waals surface area contributed by atoms with Gasteiger partial charge in [-0.15, -0.1) is 0 Å². The topological polar surface area (TPSA) is 32.3 Å². The summed E-state index contributed by atoms with van der Waals surface area (Å²) in [6, 6.07) is 6.75. The van der Waals surface area contributed by atoms with Crippen LogP contribution in [0.5, 0.6) is 0 Å². The highest BCUT2D eigenvalue weighted by Crippen LogP contribution is 2.46. The summed E-state index contributed by atoms with van der Waals surface area (Å²) >= 11 is 0. The fraction of sp³-hybridized carbons (Fsp3) is 0.588. The minimum absolute atomic E-state index is 0.152. The van der Waals surface area contributed by atoms with Gasteiger partial charge >= 0.3 is 0 Å². The standard InChI is InChI=1S/C17H23FN2O/c1-12(2)6-5-11-20-15(13-7-3-4-8-14(13)18)19-17(9-10-17)16(20)21/h3-4,7-8,12,15,19H,5-6,9-11H2,1-2H3. The van der Waals surface area contributed by atoms with E-state index >= 15 is 0 Å². The van der Waals surface area contributed by atoms with Gasteiger partial charge in [-0.1, -0.05) is 32.0 Å². The molecule has 1 heterocycles. The third-order valence-corrected chi connectivity index (χ3v) is 4.53. The normalized spacial score (nSPS) is 23.3. The quantitative estimate of drug-likeness (QED) is 0.903. The van der Waals surface area contributed by atoms with E-state index in [9.17, 15) is 9.18 Å². The Morgan fingerprint density at radius 2 is 2.10 bits per heavy atom. The largest absolute Gasteiger partial charge is 0.321 e. The fourth-order valence-corrected chi connectivity index (χ4v) is 3.12. The van der Waals surface area contributed by atoms with Gasteiger partial charge in [-0.3, -0.25) is 10.1 Å². The van der Waals surface area contributed by atoms with Crippen LogP contribution in [-0.4, -0.2) is 22.9 Å². The highest BCUT2D eigenvalue weighted by Gasteiger charge is 2.59. The van der Waals surface area contributed by atoms with Gasteiger partial charge in [-0.05, 0) is 37.7 Å². The maximum absolute atomic E-state index is 14.1. The predicted octanol–water partition coefficient (Wildman–Crippen LogP) is 3.22. The molecular formula is C17H23FN2O. The van der Waals surface area contributed by atoms with Gasteiger partial charge in [-0.2, -0.15) is 0 Å². The minimum Gasteiger partial charge on any atom is -0.321 e. The zero-order valence-electron chi connectivity index (χ0n) is 12.7. The summed E-state index contributed by atoms with van der Waals surface area (Å²) in [7, 11) is 0. The van der Waals surface area contributed by atoms with Gasteiger partial charge in [0.05, 0.1) is 0 Å². The molecule has 114 valence electrons. The Kier molecular flexibility index (Phi) is 3.74. The lowest BCUT2D eigenvalue weighted by Gasteiger charge is -2.25. The Labute approximate surface area is 125 Å². The number of hydrogen-bond acceptors (Lipinski definition) is 2. The molecule has 3 rings (SSSR count). The fourth-order valence-electron chi connectivity index (χ4n) is 3.12. The summed E-state index contributed by atoms with van der Waals surface area (Å²) in [6.07, 6.45) is 3.48. The van der Waals surface area contributed by atoms with Gasteiger partial charge in [0.2, 0.25) is 5.91 Å². The Morgan fingerprint density at radius 1 is 1.38 bits per heavy atom. The van der Waals surface area contributed by atoms with E-state index in [1.165, 1.54) is 6.07 Å². The third kappa shape index (κ3) is 2.69. The van der Waals surface area contributed by atoms with E-state index in [1.807, 2.05) is 11.0 Å². The van der Waals surface area contributed by atoms with Crippen LogP contribution < -0.4 is 5.32 Å². The van der Waals surface area contributed by atoms with Crippen molar-refractivity contribution in [2.45, 2.75) is 51.2 Å². The molecule has 1 aromatic carbocycles. The molecule has 1 atom stereocenters. The van der Waals surface area contributed by atoms with Crippen molar-refractivity contribution in [3.05, 3.63) is 35.6 Å². The molecule has 4 heteroatoms. The summed E-state index contributed by atoms with van der Waals surface area (Å²) in [6.45, 7) is 5.06. The van der Waals surface area contributed by atoms with Crippen LogP contribution >= 0.6 is 0 Å². The number of benzene rings is 1. The van der Waals surface area contributed by atoms with Gasteiger partial charge in [0.15, 0.2) is 0 Å². The number of amides is 1. The van der Waals surface area contributed by atoms with E-state index in [4.69, 9.17) is 0 Å². The van der Waals surface area contributed by atoms with Gasteiger partial charge < -0.3 is 4.90 Å². The highest BCUT2D eigenvalue weighted by molar-refractivity contribution is 5.92. The molecule has 3 nitrogen and oxygen atoms in total. The maximum atomic E-state index is 14.1. The molecule has 0 aromatic heterocycles. The monoisotopic (exact) mass is 290 g/mol. The van der Waals surface area contributed by atoms with Crippen LogP contribution in [0.25, 0.3) is 0 Å². The molecule has 2 fully saturated rings. The lowest BCUT2D eigenvalue weighted by atomic mass is 10.1. The third-order valence-electron chi connectivity index (χ3n) is 4.53. The summed E-state index contributed by atoms with van der Waals surface area (Å²) in [5.74, 6) is 0.534. The average molecular weight is 290 g/mol. The first kappa shape index (κ1) is 14.5. The minimum atomic E-state index is -0.398. The first-order valence-electron chi connectivity index (χ1n) is 7.87. The molecule has 1 N–H and O–H groups in total. The Balaban J connectivity index is 1.80. The lowest BCUT2D eigenvalue weighted by molar-refractivity contribution is -0.131. The van der Waals surface area contributed by atoms with Gasteiger partial charge in [0.25, 0.3) is 0 Å². The molecule has 0 radical (unpaired) electrons. The van der Waals surface area contributed by atoms with Crippen molar-refractivity contribution in [1.29, 1.82) is 0 Å². The SMILES string of the molecule is CC(C)CCCN1C(=O)C2(CC2)NC1c1ccccc1F. The van der Waals surface area contributed by atoms with Crippen molar-refractivity contribution in [2.24, 2.45) is 5.92 Å². The van der Waals surface area contributed by atoms with Crippen molar-refractivity contribution in [3.8, 4) is 0 Å². The number of halogens is 1. The van der Waals surface area contributed by atoms with Crippen LogP contribution in [0.2, 0.25) is 0 Å². The van der Waals surface area contributed by atoms with Gasteiger partial charge in [0, 0.05) is 12.1 Å². The van der Waals surface area contributed by atoms with Crippen molar-refractivity contribution in [2.75, 3.05) is 6.54 Å². The van der Waals surface area contributed by atoms with Crippen LogP contribution in [0, 0.1) is 11.7 Å². The van der Waals surface area contributed by atoms with E-state index in [2.05, 4.69) is 19.2 Å². The second kappa shape index (κ2) is 5.41. The van der Waals surface area contributed by atoms with Gasteiger partial charge in [-0.25, -0.2) is 4.39 Å². The second-order valence-electron chi connectivity index (χ2n) is 6.69. The maximum Gasteiger partial charge on any atom is 0.244 e.